The molecule has 1 aliphatic heterocycles. The maximum absolute atomic E-state index is 14.6. The molecule has 2 aromatic rings. The summed E-state index contributed by atoms with van der Waals surface area (Å²) in [6.07, 6.45) is -4.91. The van der Waals surface area contributed by atoms with Crippen LogP contribution >= 0.6 is 0 Å². The van der Waals surface area contributed by atoms with Gasteiger partial charge in [-0.05, 0) is 17.7 Å². The Balaban J connectivity index is 2.02. The Kier molecular flexibility index (Phi) is 5.52. The fraction of sp³-hybridized carbons (Fsp3) is 0.333. The fourth-order valence-corrected chi connectivity index (χ4v) is 3.01. The number of H-pyrrole nitrogens is 1. The first kappa shape index (κ1) is 20.0. The van der Waals surface area contributed by atoms with Crippen molar-refractivity contribution < 1.29 is 27.1 Å². The van der Waals surface area contributed by atoms with Crippen LogP contribution in [0.15, 0.2) is 29.1 Å². The van der Waals surface area contributed by atoms with Crippen molar-refractivity contribution in [1.29, 1.82) is 0 Å². The topological polar surface area (TPSA) is 88.4 Å². The zero-order chi connectivity index (χ0) is 20.5. The average molecular weight is 399 g/mol. The third-order valence-electron chi connectivity index (χ3n) is 4.45. The molecule has 0 aliphatic carbocycles. The Morgan fingerprint density at radius 1 is 1.21 bits per heavy atom. The van der Waals surface area contributed by atoms with E-state index in [9.17, 15) is 27.2 Å². The monoisotopic (exact) mass is 399 g/mol. The van der Waals surface area contributed by atoms with Crippen molar-refractivity contribution in [3.63, 3.8) is 0 Å². The van der Waals surface area contributed by atoms with Gasteiger partial charge in [0, 0.05) is 30.8 Å². The number of hydrogen-bond donors (Lipinski definition) is 2. The molecule has 150 valence electrons. The number of carbonyl (C=O) groups excluding carboxylic acids is 1. The zero-order valence-electron chi connectivity index (χ0n) is 14.6. The molecule has 0 atom stereocenters. The highest BCUT2D eigenvalue weighted by Crippen LogP contribution is 2.35. The van der Waals surface area contributed by atoms with Gasteiger partial charge < -0.3 is 15.5 Å². The van der Waals surface area contributed by atoms with Crippen molar-refractivity contribution in [1.82, 2.24) is 9.88 Å². The van der Waals surface area contributed by atoms with Gasteiger partial charge in [-0.15, -0.1) is 0 Å². The van der Waals surface area contributed by atoms with Crippen molar-refractivity contribution in [2.24, 2.45) is 5.73 Å². The van der Waals surface area contributed by atoms with Crippen LogP contribution in [-0.4, -0.2) is 42.1 Å². The predicted molar refractivity (Wildman–Crippen MR) is 92.1 cm³/mol. The van der Waals surface area contributed by atoms with Gasteiger partial charge in [-0.1, -0.05) is 12.1 Å². The summed E-state index contributed by atoms with van der Waals surface area (Å²) in [6.45, 7) is 2.60. The lowest BCUT2D eigenvalue weighted by Crippen LogP contribution is -2.35. The van der Waals surface area contributed by atoms with Crippen molar-refractivity contribution >= 4 is 5.91 Å². The summed E-state index contributed by atoms with van der Waals surface area (Å²) in [4.78, 5) is 26.7. The summed E-state index contributed by atoms with van der Waals surface area (Å²) in [5, 5.41) is 0. The van der Waals surface area contributed by atoms with Gasteiger partial charge in [0.1, 0.15) is 17.1 Å². The molecule has 10 heteroatoms. The number of amides is 1. The van der Waals surface area contributed by atoms with Gasteiger partial charge >= 0.3 is 6.18 Å². The molecule has 1 saturated heterocycles. The normalized spacial score (nSPS) is 15.6. The number of ether oxygens (including phenoxy) is 1. The number of pyridine rings is 1. The highest BCUT2D eigenvalue weighted by atomic mass is 19.4. The Hall–Kier alpha value is -2.72. The van der Waals surface area contributed by atoms with E-state index in [4.69, 9.17) is 10.5 Å². The molecule has 6 nitrogen and oxygen atoms in total. The Bertz CT molecular complexity index is 950. The van der Waals surface area contributed by atoms with Crippen LogP contribution < -0.4 is 11.3 Å². The molecule has 1 fully saturated rings. The van der Waals surface area contributed by atoms with Crippen LogP contribution in [0, 0.1) is 5.82 Å². The van der Waals surface area contributed by atoms with Crippen LogP contribution in [0.4, 0.5) is 17.6 Å². The second-order valence-electron chi connectivity index (χ2n) is 6.36. The van der Waals surface area contributed by atoms with E-state index < -0.39 is 40.3 Å². The summed E-state index contributed by atoms with van der Waals surface area (Å²) in [7, 11) is 0. The molecule has 1 aliphatic rings. The SMILES string of the molecule is NC(=O)c1cc(-c2ccc(CN3CCOCC3)c(F)c2)c(C(F)(F)F)[nH]c1=O. The van der Waals surface area contributed by atoms with Crippen molar-refractivity contribution in [2.45, 2.75) is 12.7 Å². The van der Waals surface area contributed by atoms with Gasteiger partial charge in [-0.3, -0.25) is 14.5 Å². The van der Waals surface area contributed by atoms with E-state index in [1.54, 1.807) is 4.98 Å². The molecular weight excluding hydrogens is 382 g/mol. The van der Waals surface area contributed by atoms with Crippen LogP contribution in [0.1, 0.15) is 21.6 Å². The summed E-state index contributed by atoms with van der Waals surface area (Å²) in [5.41, 5.74) is 1.44. The minimum atomic E-state index is -4.91. The molecule has 3 N–H and O–H groups in total. The van der Waals surface area contributed by atoms with Crippen LogP contribution in [0.25, 0.3) is 11.1 Å². The van der Waals surface area contributed by atoms with Gasteiger partial charge in [0.15, 0.2) is 0 Å². The van der Waals surface area contributed by atoms with Gasteiger partial charge in [-0.2, -0.15) is 13.2 Å². The molecule has 2 heterocycles. The number of carbonyl (C=O) groups is 1. The van der Waals surface area contributed by atoms with Crippen molar-refractivity contribution in [2.75, 3.05) is 26.3 Å². The number of halogens is 4. The summed E-state index contributed by atoms with van der Waals surface area (Å²) < 4.78 is 59.8. The number of nitrogens with zero attached hydrogens (tertiary/aromatic N) is 1. The molecule has 1 aromatic heterocycles. The van der Waals surface area contributed by atoms with Crippen molar-refractivity contribution in [3.8, 4) is 11.1 Å². The van der Waals surface area contributed by atoms with Crippen LogP contribution in [0.5, 0.6) is 0 Å². The van der Waals surface area contributed by atoms with E-state index in [2.05, 4.69) is 0 Å². The summed E-state index contributed by atoms with van der Waals surface area (Å²) in [5.74, 6) is -1.87. The van der Waals surface area contributed by atoms with Gasteiger partial charge in [0.05, 0.1) is 13.2 Å². The smallest absolute Gasteiger partial charge is 0.379 e. The van der Waals surface area contributed by atoms with E-state index >= 15 is 0 Å². The lowest BCUT2D eigenvalue weighted by molar-refractivity contribution is -0.140. The first-order valence-corrected chi connectivity index (χ1v) is 8.40. The Morgan fingerprint density at radius 2 is 1.89 bits per heavy atom. The quantitative estimate of drug-likeness (QED) is 0.771. The first-order chi connectivity index (χ1) is 13.2. The number of aromatic nitrogens is 1. The summed E-state index contributed by atoms with van der Waals surface area (Å²) >= 11 is 0. The predicted octanol–water partition coefficient (Wildman–Crippen LogP) is 2.13. The largest absolute Gasteiger partial charge is 0.431 e. The van der Waals surface area contributed by atoms with E-state index in [0.717, 1.165) is 12.1 Å². The number of morpholine rings is 1. The molecular formula is C18H17F4N3O3. The molecule has 0 radical (unpaired) electrons. The van der Waals surface area contributed by atoms with Gasteiger partial charge in [0.25, 0.3) is 11.5 Å². The van der Waals surface area contributed by atoms with Crippen LogP contribution in [-0.2, 0) is 17.5 Å². The first-order valence-electron chi connectivity index (χ1n) is 8.40. The number of rotatable bonds is 4. The number of aromatic amines is 1. The minimum absolute atomic E-state index is 0.130. The number of nitrogens with one attached hydrogen (secondary N) is 1. The Morgan fingerprint density at radius 3 is 2.46 bits per heavy atom. The van der Waals surface area contributed by atoms with E-state index in [1.165, 1.54) is 12.1 Å². The van der Waals surface area contributed by atoms with E-state index in [-0.39, 0.29) is 5.56 Å². The molecule has 0 saturated carbocycles. The molecule has 3 rings (SSSR count). The summed E-state index contributed by atoms with van der Waals surface area (Å²) in [6, 6.07) is 4.38. The van der Waals surface area contributed by atoms with E-state index in [1.807, 2.05) is 4.90 Å². The molecule has 1 amide bonds. The molecule has 0 unspecified atom stereocenters. The molecule has 0 bridgehead atoms. The molecule has 1 aromatic carbocycles. The molecule has 0 spiro atoms. The second kappa shape index (κ2) is 7.72. The maximum atomic E-state index is 14.6. The number of primary amides is 1. The minimum Gasteiger partial charge on any atom is -0.379 e. The molecule has 28 heavy (non-hydrogen) atoms. The number of alkyl halides is 3. The third-order valence-corrected chi connectivity index (χ3v) is 4.45. The lowest BCUT2D eigenvalue weighted by atomic mass is 9.99. The fourth-order valence-electron chi connectivity index (χ4n) is 3.01. The highest BCUT2D eigenvalue weighted by Gasteiger charge is 2.36. The van der Waals surface area contributed by atoms with Gasteiger partial charge in [-0.25, -0.2) is 4.39 Å². The second-order valence-corrected chi connectivity index (χ2v) is 6.36. The number of hydrogen-bond acceptors (Lipinski definition) is 4. The number of benzene rings is 1. The van der Waals surface area contributed by atoms with Crippen molar-refractivity contribution in [3.05, 3.63) is 57.3 Å². The maximum Gasteiger partial charge on any atom is 0.431 e. The lowest BCUT2D eigenvalue weighted by Gasteiger charge is -2.26. The zero-order valence-corrected chi connectivity index (χ0v) is 14.6. The van der Waals surface area contributed by atoms with Gasteiger partial charge in [0.2, 0.25) is 0 Å². The van der Waals surface area contributed by atoms with Crippen LogP contribution in [0.2, 0.25) is 0 Å². The van der Waals surface area contributed by atoms with Crippen LogP contribution in [0.3, 0.4) is 0 Å². The number of nitrogens with two attached hydrogens (primary N) is 1. The Labute approximate surface area is 156 Å². The average Bonchev–Trinajstić information content (AvgIpc) is 2.63. The van der Waals surface area contributed by atoms with E-state index in [0.29, 0.717) is 38.4 Å². The standard InChI is InChI=1S/C18H17F4N3O3/c19-14-7-10(1-2-11(14)9-25-3-5-28-6-4-25)12-8-13(16(23)26)17(27)24-15(12)18(20,21)22/h1-2,7-8H,3-6,9H2,(H2,23,26)(H,24,27). The highest BCUT2D eigenvalue weighted by molar-refractivity contribution is 5.93. The third kappa shape index (κ3) is 4.23.